The SMILES string of the molecule is CC(CBr)N(C)C(=O)C1(C)CCCO1. The van der Waals surface area contributed by atoms with Crippen LogP contribution in [0, 0.1) is 0 Å². The number of carbonyl (C=O) groups excluding carboxylic acids is 1. The van der Waals surface area contributed by atoms with Gasteiger partial charge < -0.3 is 9.64 Å². The first-order valence-electron chi connectivity index (χ1n) is 4.98. The molecule has 1 fully saturated rings. The minimum Gasteiger partial charge on any atom is -0.365 e. The molecule has 0 aromatic carbocycles. The lowest BCUT2D eigenvalue weighted by atomic mass is 10.0. The van der Waals surface area contributed by atoms with Crippen LogP contribution in [0.25, 0.3) is 0 Å². The molecular weight excluding hydrogens is 246 g/mol. The van der Waals surface area contributed by atoms with Crippen molar-refractivity contribution in [1.29, 1.82) is 0 Å². The van der Waals surface area contributed by atoms with Gasteiger partial charge in [0.25, 0.3) is 5.91 Å². The minimum absolute atomic E-state index is 0.0990. The van der Waals surface area contributed by atoms with Crippen LogP contribution in [-0.2, 0) is 9.53 Å². The lowest BCUT2D eigenvalue weighted by Crippen LogP contribution is -2.48. The van der Waals surface area contributed by atoms with E-state index in [0.717, 1.165) is 18.2 Å². The third-order valence-electron chi connectivity index (χ3n) is 2.88. The molecule has 1 aliphatic rings. The van der Waals surface area contributed by atoms with Gasteiger partial charge in [0.15, 0.2) is 0 Å². The Hall–Kier alpha value is -0.0900. The van der Waals surface area contributed by atoms with Gasteiger partial charge in [0.1, 0.15) is 5.60 Å². The number of ether oxygens (including phenoxy) is 1. The van der Waals surface area contributed by atoms with Crippen molar-refractivity contribution in [2.24, 2.45) is 0 Å². The van der Waals surface area contributed by atoms with E-state index in [4.69, 9.17) is 4.74 Å². The van der Waals surface area contributed by atoms with Crippen LogP contribution < -0.4 is 0 Å². The summed E-state index contributed by atoms with van der Waals surface area (Å²) in [6.07, 6.45) is 1.82. The molecule has 1 aliphatic heterocycles. The van der Waals surface area contributed by atoms with E-state index in [2.05, 4.69) is 15.9 Å². The van der Waals surface area contributed by atoms with E-state index in [1.807, 2.05) is 20.9 Å². The van der Waals surface area contributed by atoms with Gasteiger partial charge in [-0.05, 0) is 26.7 Å². The van der Waals surface area contributed by atoms with Crippen molar-refractivity contribution >= 4 is 21.8 Å². The molecule has 0 N–H and O–H groups in total. The predicted octanol–water partition coefficient (Wildman–Crippen LogP) is 1.80. The number of carbonyl (C=O) groups is 1. The Bertz CT molecular complexity index is 214. The summed E-state index contributed by atoms with van der Waals surface area (Å²) in [4.78, 5) is 13.8. The van der Waals surface area contributed by atoms with Crippen LogP contribution in [0.1, 0.15) is 26.7 Å². The largest absolute Gasteiger partial charge is 0.365 e. The van der Waals surface area contributed by atoms with E-state index in [9.17, 15) is 4.79 Å². The first kappa shape index (κ1) is 12.0. The monoisotopic (exact) mass is 263 g/mol. The number of halogens is 1. The number of alkyl halides is 1. The first-order chi connectivity index (χ1) is 6.51. The second kappa shape index (κ2) is 4.62. The molecule has 1 saturated heterocycles. The fourth-order valence-corrected chi connectivity index (χ4v) is 2.06. The zero-order chi connectivity index (χ0) is 10.8. The van der Waals surface area contributed by atoms with Gasteiger partial charge in [-0.2, -0.15) is 0 Å². The average Bonchev–Trinajstić information content (AvgIpc) is 2.63. The number of hydrogen-bond donors (Lipinski definition) is 0. The van der Waals surface area contributed by atoms with Crippen molar-refractivity contribution in [3.63, 3.8) is 0 Å². The molecule has 1 heterocycles. The van der Waals surface area contributed by atoms with Crippen LogP contribution in [0.2, 0.25) is 0 Å². The normalized spacial score (nSPS) is 28.9. The first-order valence-corrected chi connectivity index (χ1v) is 6.10. The van der Waals surface area contributed by atoms with Gasteiger partial charge in [-0.25, -0.2) is 0 Å². The van der Waals surface area contributed by atoms with Crippen LogP contribution >= 0.6 is 15.9 Å². The lowest BCUT2D eigenvalue weighted by molar-refractivity contribution is -0.151. The van der Waals surface area contributed by atoms with Crippen molar-refractivity contribution in [2.75, 3.05) is 19.0 Å². The van der Waals surface area contributed by atoms with Crippen LogP contribution in [0.3, 0.4) is 0 Å². The Morgan fingerprint density at radius 1 is 1.71 bits per heavy atom. The molecule has 0 bridgehead atoms. The van der Waals surface area contributed by atoms with E-state index in [-0.39, 0.29) is 11.9 Å². The number of nitrogens with zero attached hydrogens (tertiary/aromatic N) is 1. The van der Waals surface area contributed by atoms with Gasteiger partial charge in [0.05, 0.1) is 0 Å². The Morgan fingerprint density at radius 2 is 2.36 bits per heavy atom. The molecule has 0 saturated carbocycles. The van der Waals surface area contributed by atoms with Gasteiger partial charge in [-0.1, -0.05) is 15.9 Å². The van der Waals surface area contributed by atoms with E-state index >= 15 is 0 Å². The van der Waals surface area contributed by atoms with Gasteiger partial charge in [0.2, 0.25) is 0 Å². The molecule has 3 nitrogen and oxygen atoms in total. The van der Waals surface area contributed by atoms with E-state index in [1.54, 1.807) is 4.90 Å². The summed E-state index contributed by atoms with van der Waals surface area (Å²) >= 11 is 3.38. The highest BCUT2D eigenvalue weighted by Crippen LogP contribution is 2.27. The van der Waals surface area contributed by atoms with Crippen LogP contribution in [-0.4, -0.2) is 41.4 Å². The molecule has 1 rings (SSSR count). The van der Waals surface area contributed by atoms with E-state index in [0.29, 0.717) is 6.61 Å². The second-order valence-corrected chi connectivity index (χ2v) is 4.75. The smallest absolute Gasteiger partial charge is 0.254 e. The molecule has 4 heteroatoms. The summed E-state index contributed by atoms with van der Waals surface area (Å²) in [6.45, 7) is 4.61. The zero-order valence-corrected chi connectivity index (χ0v) is 10.6. The van der Waals surface area contributed by atoms with Crippen LogP contribution in [0.5, 0.6) is 0 Å². The summed E-state index contributed by atoms with van der Waals surface area (Å²) in [6, 6.07) is 0.212. The summed E-state index contributed by atoms with van der Waals surface area (Å²) in [5, 5.41) is 0.797. The van der Waals surface area contributed by atoms with Crippen LogP contribution in [0.15, 0.2) is 0 Å². The summed E-state index contributed by atoms with van der Waals surface area (Å²) < 4.78 is 5.51. The summed E-state index contributed by atoms with van der Waals surface area (Å²) in [7, 11) is 1.83. The van der Waals surface area contributed by atoms with Gasteiger partial charge in [-0.15, -0.1) is 0 Å². The molecule has 82 valence electrons. The van der Waals surface area contributed by atoms with Crippen molar-refractivity contribution in [3.8, 4) is 0 Å². The maximum absolute atomic E-state index is 12.0. The molecule has 1 amide bonds. The molecule has 14 heavy (non-hydrogen) atoms. The fraction of sp³-hybridized carbons (Fsp3) is 0.900. The Labute approximate surface area is 93.9 Å². The molecule has 0 radical (unpaired) electrons. The number of likely N-dealkylation sites (N-methyl/N-ethyl adjacent to an activating group) is 1. The number of amides is 1. The number of rotatable bonds is 3. The Balaban J connectivity index is 2.63. The lowest BCUT2D eigenvalue weighted by Gasteiger charge is -2.31. The molecular formula is C10H18BrNO2. The molecule has 0 aromatic rings. The molecule has 2 unspecified atom stereocenters. The van der Waals surface area contributed by atoms with Gasteiger partial charge in [-0.3, -0.25) is 4.79 Å². The van der Waals surface area contributed by atoms with Gasteiger partial charge in [0, 0.05) is 25.0 Å². The maximum Gasteiger partial charge on any atom is 0.254 e. The van der Waals surface area contributed by atoms with Gasteiger partial charge >= 0.3 is 0 Å². The van der Waals surface area contributed by atoms with E-state index in [1.165, 1.54) is 0 Å². The topological polar surface area (TPSA) is 29.5 Å². The Kier molecular flexibility index (Phi) is 3.95. The zero-order valence-electron chi connectivity index (χ0n) is 9.05. The second-order valence-electron chi connectivity index (χ2n) is 4.10. The molecule has 0 aliphatic carbocycles. The van der Waals surface area contributed by atoms with Crippen molar-refractivity contribution < 1.29 is 9.53 Å². The third-order valence-corrected chi connectivity index (χ3v) is 3.81. The standard InChI is InChI=1S/C10H18BrNO2/c1-8(7-11)12(3)9(13)10(2)5-4-6-14-10/h8H,4-7H2,1-3H3. The molecule has 0 spiro atoms. The third kappa shape index (κ3) is 2.28. The highest BCUT2D eigenvalue weighted by atomic mass is 79.9. The van der Waals surface area contributed by atoms with Crippen molar-refractivity contribution in [2.45, 2.75) is 38.3 Å². The minimum atomic E-state index is -0.578. The highest BCUT2D eigenvalue weighted by Gasteiger charge is 2.40. The van der Waals surface area contributed by atoms with Crippen LogP contribution in [0.4, 0.5) is 0 Å². The highest BCUT2D eigenvalue weighted by molar-refractivity contribution is 9.09. The quantitative estimate of drug-likeness (QED) is 0.727. The van der Waals surface area contributed by atoms with E-state index < -0.39 is 5.60 Å². The summed E-state index contributed by atoms with van der Waals surface area (Å²) in [5.41, 5.74) is -0.578. The summed E-state index contributed by atoms with van der Waals surface area (Å²) in [5.74, 6) is 0.0990. The van der Waals surface area contributed by atoms with Crippen molar-refractivity contribution in [3.05, 3.63) is 0 Å². The Morgan fingerprint density at radius 3 is 2.79 bits per heavy atom. The molecule has 0 aromatic heterocycles. The van der Waals surface area contributed by atoms with Crippen molar-refractivity contribution in [1.82, 2.24) is 4.90 Å². The average molecular weight is 264 g/mol. The predicted molar refractivity (Wildman–Crippen MR) is 59.6 cm³/mol. The number of hydrogen-bond acceptors (Lipinski definition) is 2. The fourth-order valence-electron chi connectivity index (χ4n) is 1.62. The maximum atomic E-state index is 12.0. The molecule has 2 atom stereocenters.